The third kappa shape index (κ3) is 4.45. The maximum Gasteiger partial charge on any atom is 0.305 e. The van der Waals surface area contributed by atoms with Gasteiger partial charge in [0, 0.05) is 5.56 Å². The number of ether oxygens (including phenoxy) is 1. The van der Waals surface area contributed by atoms with E-state index in [1.807, 2.05) is 0 Å². The second-order valence-electron chi connectivity index (χ2n) is 4.56. The number of nitrogens with zero attached hydrogens (tertiary/aromatic N) is 2. The number of benzene rings is 1. The zero-order chi connectivity index (χ0) is 17.7. The van der Waals surface area contributed by atoms with Gasteiger partial charge in [-0.15, -0.1) is 5.10 Å². The molecule has 2 rings (SSSR count). The average Bonchev–Trinajstić information content (AvgIpc) is 2.85. The van der Waals surface area contributed by atoms with Crippen LogP contribution in [0.15, 0.2) is 22.3 Å². The molecule has 1 fully saturated rings. The summed E-state index contributed by atoms with van der Waals surface area (Å²) >= 11 is 6.81. The predicted octanol–water partition coefficient (Wildman–Crippen LogP) is 2.27. The Morgan fingerprint density at radius 1 is 1.58 bits per heavy atom. The minimum absolute atomic E-state index is 0.0687. The van der Waals surface area contributed by atoms with E-state index in [9.17, 15) is 14.0 Å². The smallest absolute Gasteiger partial charge is 0.305 e. The largest absolute Gasteiger partial charge is 0.489 e. The molecule has 1 saturated heterocycles. The molecule has 1 aromatic carbocycles. The van der Waals surface area contributed by atoms with E-state index in [4.69, 9.17) is 21.4 Å². The summed E-state index contributed by atoms with van der Waals surface area (Å²) in [6, 6.07) is 2.89. The van der Waals surface area contributed by atoms with Crippen molar-refractivity contribution in [3.8, 4) is 5.75 Å². The molecule has 1 atom stereocenters. The Bertz CT molecular complexity index is 726. The highest BCUT2D eigenvalue weighted by molar-refractivity contribution is 8.15. The molecular weight excluding hydrogens is 361 g/mol. The Labute approximate surface area is 145 Å². The number of hydrogen-bond donors (Lipinski definition) is 2. The first-order chi connectivity index (χ1) is 11.4. The molecule has 1 heterocycles. The molecule has 0 radical (unpaired) electrons. The molecule has 0 saturated carbocycles. The molecule has 2 N–H and O–H groups in total. The molecule has 0 aliphatic carbocycles. The molecule has 1 amide bonds. The lowest BCUT2D eigenvalue weighted by molar-refractivity contribution is -0.138. The minimum Gasteiger partial charge on any atom is -0.489 e. The lowest BCUT2D eigenvalue weighted by Crippen LogP contribution is -2.26. The van der Waals surface area contributed by atoms with Crippen LogP contribution in [0.1, 0.15) is 18.9 Å². The van der Waals surface area contributed by atoms with Gasteiger partial charge in [0.05, 0.1) is 24.3 Å². The maximum absolute atomic E-state index is 14.2. The molecule has 128 valence electrons. The molecule has 0 spiro atoms. The number of amidine groups is 1. The zero-order valence-electron chi connectivity index (χ0n) is 12.5. The van der Waals surface area contributed by atoms with Crippen LogP contribution in [0.3, 0.4) is 0 Å². The Hall–Kier alpha value is -2.13. The topological polar surface area (TPSA) is 100 Å². The van der Waals surface area contributed by atoms with E-state index in [1.54, 1.807) is 6.92 Å². The van der Waals surface area contributed by atoms with Gasteiger partial charge in [-0.1, -0.05) is 23.4 Å². The van der Waals surface area contributed by atoms with Crippen molar-refractivity contribution in [3.63, 3.8) is 0 Å². The summed E-state index contributed by atoms with van der Waals surface area (Å²) in [4.78, 5) is 22.2. The predicted molar refractivity (Wildman–Crippen MR) is 89.4 cm³/mol. The van der Waals surface area contributed by atoms with Crippen LogP contribution >= 0.6 is 23.4 Å². The number of carbonyl (C=O) groups excluding carboxylic acids is 1. The monoisotopic (exact) mass is 373 g/mol. The van der Waals surface area contributed by atoms with Crippen LogP contribution in [0.5, 0.6) is 5.75 Å². The molecule has 0 aromatic heterocycles. The number of nitrogens with one attached hydrogen (secondary N) is 1. The van der Waals surface area contributed by atoms with Gasteiger partial charge < -0.3 is 15.2 Å². The molecular formula is C14H13ClFN3O4S. The van der Waals surface area contributed by atoms with Crippen molar-refractivity contribution in [2.45, 2.75) is 18.6 Å². The highest BCUT2D eigenvalue weighted by Gasteiger charge is 2.32. The molecule has 1 aliphatic rings. The second kappa shape index (κ2) is 8.11. The van der Waals surface area contributed by atoms with E-state index in [0.717, 1.165) is 18.0 Å². The highest BCUT2D eigenvalue weighted by atomic mass is 35.5. The molecule has 0 bridgehead atoms. The molecule has 10 heteroatoms. The van der Waals surface area contributed by atoms with Crippen LogP contribution in [0.25, 0.3) is 0 Å². The van der Waals surface area contributed by atoms with E-state index in [-0.39, 0.29) is 34.5 Å². The fourth-order valence-corrected chi connectivity index (χ4v) is 2.93. The Balaban J connectivity index is 2.11. The van der Waals surface area contributed by atoms with Crippen LogP contribution in [0, 0.1) is 5.82 Å². The first-order valence-electron chi connectivity index (χ1n) is 6.83. The molecule has 1 aliphatic heterocycles. The highest BCUT2D eigenvalue weighted by Crippen LogP contribution is 2.29. The van der Waals surface area contributed by atoms with E-state index in [0.29, 0.717) is 0 Å². The van der Waals surface area contributed by atoms with Gasteiger partial charge in [-0.25, -0.2) is 4.39 Å². The fourth-order valence-electron chi connectivity index (χ4n) is 1.81. The van der Waals surface area contributed by atoms with Crippen LogP contribution in [0.4, 0.5) is 4.39 Å². The normalized spacial score (nSPS) is 19.0. The molecule has 1 aromatic rings. The third-order valence-corrected chi connectivity index (χ3v) is 4.22. The SMILES string of the molecule is CCOc1c(Cl)ccc(C=NN=C2NC(=O)C(CC(=O)O)S2)c1F. The summed E-state index contributed by atoms with van der Waals surface area (Å²) in [5.74, 6) is -2.27. The van der Waals surface area contributed by atoms with Crippen LogP contribution in [0.2, 0.25) is 5.02 Å². The van der Waals surface area contributed by atoms with Gasteiger partial charge in [0.1, 0.15) is 5.25 Å². The zero-order valence-corrected chi connectivity index (χ0v) is 14.0. The Morgan fingerprint density at radius 2 is 2.33 bits per heavy atom. The van der Waals surface area contributed by atoms with E-state index < -0.39 is 22.9 Å². The number of hydrogen-bond acceptors (Lipinski definition) is 6. The summed E-state index contributed by atoms with van der Waals surface area (Å²) in [6.45, 7) is 1.96. The van der Waals surface area contributed by atoms with Crippen molar-refractivity contribution in [3.05, 3.63) is 28.5 Å². The number of carboxylic acid groups (broad SMARTS) is 1. The van der Waals surface area contributed by atoms with Crippen LogP contribution in [-0.4, -0.2) is 40.2 Å². The molecule has 24 heavy (non-hydrogen) atoms. The number of thioether (sulfide) groups is 1. The van der Waals surface area contributed by atoms with Crippen molar-refractivity contribution in [2.24, 2.45) is 10.2 Å². The Morgan fingerprint density at radius 3 is 3.00 bits per heavy atom. The number of carbonyl (C=O) groups is 2. The lowest BCUT2D eigenvalue weighted by atomic mass is 10.2. The van der Waals surface area contributed by atoms with E-state index >= 15 is 0 Å². The first kappa shape index (κ1) is 18.2. The van der Waals surface area contributed by atoms with Gasteiger partial charge in [-0.2, -0.15) is 5.10 Å². The quantitative estimate of drug-likeness (QED) is 0.588. The summed E-state index contributed by atoms with van der Waals surface area (Å²) in [6.07, 6.45) is 0.835. The van der Waals surface area contributed by atoms with E-state index in [2.05, 4.69) is 15.5 Å². The van der Waals surface area contributed by atoms with Gasteiger partial charge in [0.25, 0.3) is 0 Å². The summed E-state index contributed by atoms with van der Waals surface area (Å²) in [5.41, 5.74) is 0.114. The standard InChI is InChI=1S/C14H13ClFN3O4S/c1-2-23-12-8(15)4-3-7(11(12)16)6-17-19-14-18-13(22)9(24-14)5-10(20)21/h3-4,6,9H,2,5H2,1H3,(H,20,21)(H,18,19,22). The fraction of sp³-hybridized carbons (Fsp3) is 0.286. The van der Waals surface area contributed by atoms with Crippen molar-refractivity contribution >= 4 is 46.6 Å². The van der Waals surface area contributed by atoms with Gasteiger partial charge in [0.2, 0.25) is 5.91 Å². The van der Waals surface area contributed by atoms with Gasteiger partial charge in [0.15, 0.2) is 16.7 Å². The number of carboxylic acids is 1. The summed E-state index contributed by atoms with van der Waals surface area (Å²) < 4.78 is 19.3. The number of aliphatic carboxylic acids is 1. The lowest BCUT2D eigenvalue weighted by Gasteiger charge is -2.08. The third-order valence-electron chi connectivity index (χ3n) is 2.85. The number of rotatable bonds is 6. The van der Waals surface area contributed by atoms with Gasteiger partial charge >= 0.3 is 5.97 Å². The van der Waals surface area contributed by atoms with Crippen molar-refractivity contribution in [1.29, 1.82) is 0 Å². The summed E-state index contributed by atoms with van der Waals surface area (Å²) in [7, 11) is 0. The molecule has 1 unspecified atom stereocenters. The number of halogens is 2. The first-order valence-corrected chi connectivity index (χ1v) is 8.09. The molecule has 7 nitrogen and oxygen atoms in total. The van der Waals surface area contributed by atoms with Crippen LogP contribution in [-0.2, 0) is 9.59 Å². The van der Waals surface area contributed by atoms with Gasteiger partial charge in [-0.3, -0.25) is 9.59 Å². The van der Waals surface area contributed by atoms with E-state index in [1.165, 1.54) is 12.1 Å². The van der Waals surface area contributed by atoms with Crippen LogP contribution < -0.4 is 10.1 Å². The van der Waals surface area contributed by atoms with Gasteiger partial charge in [-0.05, 0) is 19.1 Å². The maximum atomic E-state index is 14.2. The van der Waals surface area contributed by atoms with Crippen molar-refractivity contribution < 1.29 is 23.8 Å². The minimum atomic E-state index is -1.08. The van der Waals surface area contributed by atoms with Crippen molar-refractivity contribution in [1.82, 2.24) is 5.32 Å². The van der Waals surface area contributed by atoms with Crippen molar-refractivity contribution in [2.75, 3.05) is 6.61 Å². The summed E-state index contributed by atoms with van der Waals surface area (Å²) in [5, 5.41) is 18.1. The average molecular weight is 374 g/mol. The second-order valence-corrected chi connectivity index (χ2v) is 6.15. The number of amides is 1. The Kier molecular flexibility index (Phi) is 6.16.